The van der Waals surface area contributed by atoms with E-state index in [9.17, 15) is 9.59 Å². The summed E-state index contributed by atoms with van der Waals surface area (Å²) in [4.78, 5) is 27.3. The summed E-state index contributed by atoms with van der Waals surface area (Å²) >= 11 is 0. The molecule has 1 aromatic heterocycles. The standard InChI is InChI=1S/C16H17N3O2/c1-2-3-15(20)18-13-4-6-14(7-5-13)19-16(21)12-8-10-17-11-9-12/h4-11H,2-3H2,1H3,(H,18,20)(H,19,21). The first kappa shape index (κ1) is 14.7. The van der Waals surface area contributed by atoms with Crippen LogP contribution in [0.25, 0.3) is 0 Å². The van der Waals surface area contributed by atoms with E-state index in [1.165, 1.54) is 0 Å². The molecule has 1 heterocycles. The van der Waals surface area contributed by atoms with Crippen molar-refractivity contribution in [2.24, 2.45) is 0 Å². The van der Waals surface area contributed by atoms with Gasteiger partial charge < -0.3 is 10.6 Å². The summed E-state index contributed by atoms with van der Waals surface area (Å²) in [5.74, 6) is -0.203. The number of benzene rings is 1. The number of hydrogen-bond donors (Lipinski definition) is 2. The summed E-state index contributed by atoms with van der Waals surface area (Å²) in [5, 5.41) is 5.58. The van der Waals surface area contributed by atoms with E-state index in [4.69, 9.17) is 0 Å². The minimum absolute atomic E-state index is 0.00827. The predicted octanol–water partition coefficient (Wildman–Crippen LogP) is 3.07. The Morgan fingerprint density at radius 1 is 0.952 bits per heavy atom. The number of rotatable bonds is 5. The molecule has 0 aliphatic carbocycles. The largest absolute Gasteiger partial charge is 0.326 e. The number of carbonyl (C=O) groups is 2. The second-order valence-corrected chi connectivity index (χ2v) is 4.57. The Hall–Kier alpha value is -2.69. The fraction of sp³-hybridized carbons (Fsp3) is 0.188. The number of hydrogen-bond acceptors (Lipinski definition) is 3. The fourth-order valence-corrected chi connectivity index (χ4v) is 1.79. The van der Waals surface area contributed by atoms with Crippen molar-refractivity contribution >= 4 is 23.2 Å². The Bertz CT molecular complexity index is 609. The van der Waals surface area contributed by atoms with Gasteiger partial charge in [-0.1, -0.05) is 6.92 Å². The van der Waals surface area contributed by atoms with Crippen LogP contribution in [0.2, 0.25) is 0 Å². The van der Waals surface area contributed by atoms with Gasteiger partial charge in [0, 0.05) is 35.8 Å². The first-order chi connectivity index (χ1) is 10.2. The molecule has 2 rings (SSSR count). The number of carbonyl (C=O) groups excluding carboxylic acids is 2. The molecular weight excluding hydrogens is 266 g/mol. The molecule has 0 radical (unpaired) electrons. The molecule has 0 spiro atoms. The van der Waals surface area contributed by atoms with Crippen LogP contribution < -0.4 is 10.6 Å². The monoisotopic (exact) mass is 283 g/mol. The lowest BCUT2D eigenvalue weighted by atomic mass is 10.2. The molecule has 0 bridgehead atoms. The molecule has 2 N–H and O–H groups in total. The second kappa shape index (κ2) is 7.19. The first-order valence-corrected chi connectivity index (χ1v) is 6.80. The zero-order valence-electron chi connectivity index (χ0n) is 11.8. The van der Waals surface area contributed by atoms with Gasteiger partial charge in [-0.3, -0.25) is 14.6 Å². The molecule has 0 saturated carbocycles. The van der Waals surface area contributed by atoms with E-state index in [1.807, 2.05) is 6.92 Å². The molecule has 0 unspecified atom stereocenters. The minimum Gasteiger partial charge on any atom is -0.326 e. The molecule has 108 valence electrons. The summed E-state index contributed by atoms with van der Waals surface area (Å²) in [6.07, 6.45) is 4.45. The van der Waals surface area contributed by atoms with Crippen LogP contribution in [0.4, 0.5) is 11.4 Å². The van der Waals surface area contributed by atoms with Crippen LogP contribution in [0.1, 0.15) is 30.1 Å². The molecule has 0 atom stereocenters. The van der Waals surface area contributed by atoms with Crippen molar-refractivity contribution in [2.75, 3.05) is 10.6 Å². The Morgan fingerprint density at radius 2 is 1.52 bits per heavy atom. The number of nitrogens with one attached hydrogen (secondary N) is 2. The number of pyridine rings is 1. The van der Waals surface area contributed by atoms with Crippen LogP contribution in [0.3, 0.4) is 0 Å². The molecule has 5 nitrogen and oxygen atoms in total. The highest BCUT2D eigenvalue weighted by Crippen LogP contribution is 2.15. The van der Waals surface area contributed by atoms with E-state index in [0.717, 1.165) is 12.1 Å². The smallest absolute Gasteiger partial charge is 0.255 e. The Labute approximate surface area is 123 Å². The highest BCUT2D eigenvalue weighted by molar-refractivity contribution is 6.04. The zero-order valence-corrected chi connectivity index (χ0v) is 11.8. The van der Waals surface area contributed by atoms with E-state index < -0.39 is 0 Å². The van der Waals surface area contributed by atoms with Gasteiger partial charge in [-0.2, -0.15) is 0 Å². The Kier molecular flexibility index (Phi) is 5.04. The molecule has 2 amide bonds. The lowest BCUT2D eigenvalue weighted by molar-refractivity contribution is -0.116. The maximum absolute atomic E-state index is 12.0. The van der Waals surface area contributed by atoms with Crippen molar-refractivity contribution in [3.63, 3.8) is 0 Å². The lowest BCUT2D eigenvalue weighted by Crippen LogP contribution is -2.12. The van der Waals surface area contributed by atoms with E-state index >= 15 is 0 Å². The third kappa shape index (κ3) is 4.42. The van der Waals surface area contributed by atoms with Crippen molar-refractivity contribution in [3.8, 4) is 0 Å². The fourth-order valence-electron chi connectivity index (χ4n) is 1.79. The van der Waals surface area contributed by atoms with Crippen molar-refractivity contribution in [1.82, 2.24) is 4.98 Å². The van der Waals surface area contributed by atoms with Crippen LogP contribution >= 0.6 is 0 Å². The summed E-state index contributed by atoms with van der Waals surface area (Å²) in [5.41, 5.74) is 1.94. The lowest BCUT2D eigenvalue weighted by Gasteiger charge is -2.07. The molecule has 0 fully saturated rings. The minimum atomic E-state index is -0.194. The van der Waals surface area contributed by atoms with E-state index in [1.54, 1.807) is 48.8 Å². The van der Waals surface area contributed by atoms with Gasteiger partial charge in [0.25, 0.3) is 5.91 Å². The molecule has 0 aliphatic heterocycles. The highest BCUT2D eigenvalue weighted by Gasteiger charge is 2.05. The predicted molar refractivity (Wildman–Crippen MR) is 82.2 cm³/mol. The van der Waals surface area contributed by atoms with Crippen LogP contribution in [0, 0.1) is 0 Å². The van der Waals surface area contributed by atoms with Crippen molar-refractivity contribution in [1.29, 1.82) is 0 Å². The number of anilines is 2. The summed E-state index contributed by atoms with van der Waals surface area (Å²) in [6.45, 7) is 1.96. The first-order valence-electron chi connectivity index (χ1n) is 6.80. The average Bonchev–Trinajstić information content (AvgIpc) is 2.50. The van der Waals surface area contributed by atoms with Gasteiger partial charge in [0.15, 0.2) is 0 Å². The van der Waals surface area contributed by atoms with Gasteiger partial charge in [-0.25, -0.2) is 0 Å². The number of nitrogens with zero attached hydrogens (tertiary/aromatic N) is 1. The highest BCUT2D eigenvalue weighted by atomic mass is 16.2. The molecule has 21 heavy (non-hydrogen) atoms. The molecular formula is C16H17N3O2. The van der Waals surface area contributed by atoms with Gasteiger partial charge in [0.05, 0.1) is 0 Å². The molecule has 1 aromatic carbocycles. The SMILES string of the molecule is CCCC(=O)Nc1ccc(NC(=O)c2ccncc2)cc1. The van der Waals surface area contributed by atoms with Gasteiger partial charge in [0.1, 0.15) is 0 Å². The summed E-state index contributed by atoms with van der Waals surface area (Å²) < 4.78 is 0. The van der Waals surface area contributed by atoms with Crippen molar-refractivity contribution in [2.45, 2.75) is 19.8 Å². The summed E-state index contributed by atoms with van der Waals surface area (Å²) in [6, 6.07) is 10.3. The topological polar surface area (TPSA) is 71.1 Å². The van der Waals surface area contributed by atoms with Gasteiger partial charge in [-0.05, 0) is 42.8 Å². The summed E-state index contributed by atoms with van der Waals surface area (Å²) in [7, 11) is 0. The van der Waals surface area contributed by atoms with E-state index in [2.05, 4.69) is 15.6 Å². The molecule has 5 heteroatoms. The second-order valence-electron chi connectivity index (χ2n) is 4.57. The third-order valence-electron chi connectivity index (χ3n) is 2.85. The van der Waals surface area contributed by atoms with Gasteiger partial charge in [-0.15, -0.1) is 0 Å². The molecule has 0 saturated heterocycles. The van der Waals surface area contributed by atoms with Crippen LogP contribution in [-0.2, 0) is 4.79 Å². The van der Waals surface area contributed by atoms with E-state index in [0.29, 0.717) is 17.7 Å². The normalized spacial score (nSPS) is 9.95. The van der Waals surface area contributed by atoms with Crippen LogP contribution in [0.15, 0.2) is 48.8 Å². The maximum atomic E-state index is 12.0. The third-order valence-corrected chi connectivity index (χ3v) is 2.85. The average molecular weight is 283 g/mol. The number of aromatic nitrogens is 1. The van der Waals surface area contributed by atoms with Crippen molar-refractivity contribution in [3.05, 3.63) is 54.4 Å². The van der Waals surface area contributed by atoms with Gasteiger partial charge >= 0.3 is 0 Å². The molecule has 0 aliphatic rings. The Morgan fingerprint density at radius 3 is 2.10 bits per heavy atom. The zero-order chi connectivity index (χ0) is 15.1. The maximum Gasteiger partial charge on any atom is 0.255 e. The Balaban J connectivity index is 1.96. The van der Waals surface area contributed by atoms with Crippen LogP contribution in [-0.4, -0.2) is 16.8 Å². The van der Waals surface area contributed by atoms with Crippen LogP contribution in [0.5, 0.6) is 0 Å². The van der Waals surface area contributed by atoms with Crippen molar-refractivity contribution < 1.29 is 9.59 Å². The quantitative estimate of drug-likeness (QED) is 0.885. The van der Waals surface area contributed by atoms with Gasteiger partial charge in [0.2, 0.25) is 5.91 Å². The van der Waals surface area contributed by atoms with E-state index in [-0.39, 0.29) is 11.8 Å². The molecule has 2 aromatic rings. The number of amides is 2.